The SMILES string of the molecule is Cc1cc(C)c2c(c1)C(=NNC(=O)CCc1ccc(S(=O)(=O)N3CCOCC3)cc1)CCC2. The molecular formula is C25H31N3O4S. The fourth-order valence-corrected chi connectivity index (χ4v) is 5.89. The lowest BCUT2D eigenvalue weighted by Crippen LogP contribution is -2.40. The zero-order chi connectivity index (χ0) is 23.4. The molecular weight excluding hydrogens is 438 g/mol. The number of rotatable bonds is 6. The van der Waals surface area contributed by atoms with E-state index in [0.717, 1.165) is 36.1 Å². The highest BCUT2D eigenvalue weighted by molar-refractivity contribution is 7.89. The normalized spacial score (nSPS) is 18.2. The molecule has 0 aromatic heterocycles. The highest BCUT2D eigenvalue weighted by atomic mass is 32.2. The maximum atomic E-state index is 12.7. The highest BCUT2D eigenvalue weighted by Crippen LogP contribution is 2.26. The predicted molar refractivity (Wildman–Crippen MR) is 128 cm³/mol. The molecule has 1 saturated heterocycles. The number of carbonyl (C=O) groups is 1. The van der Waals surface area contributed by atoms with Crippen molar-refractivity contribution in [3.05, 3.63) is 64.2 Å². The molecule has 33 heavy (non-hydrogen) atoms. The summed E-state index contributed by atoms with van der Waals surface area (Å²) in [7, 11) is -3.51. The molecule has 0 radical (unpaired) electrons. The van der Waals surface area contributed by atoms with E-state index in [1.54, 1.807) is 24.3 Å². The average Bonchev–Trinajstić information content (AvgIpc) is 2.82. The predicted octanol–water partition coefficient (Wildman–Crippen LogP) is 3.11. The first-order valence-electron chi connectivity index (χ1n) is 11.5. The van der Waals surface area contributed by atoms with E-state index in [0.29, 0.717) is 32.7 Å². The van der Waals surface area contributed by atoms with Crippen molar-refractivity contribution >= 4 is 21.6 Å². The molecule has 2 aromatic rings. The van der Waals surface area contributed by atoms with Crippen LogP contribution < -0.4 is 5.43 Å². The van der Waals surface area contributed by atoms with E-state index < -0.39 is 10.0 Å². The lowest BCUT2D eigenvalue weighted by molar-refractivity contribution is -0.121. The van der Waals surface area contributed by atoms with Gasteiger partial charge in [0.15, 0.2) is 0 Å². The van der Waals surface area contributed by atoms with Crippen LogP contribution in [0.15, 0.2) is 46.4 Å². The van der Waals surface area contributed by atoms with Crippen LogP contribution in [0.25, 0.3) is 0 Å². The summed E-state index contributed by atoms with van der Waals surface area (Å²) in [5.41, 5.74) is 9.52. The Bertz CT molecular complexity index is 1150. The smallest absolute Gasteiger partial charge is 0.243 e. The number of amides is 1. The molecule has 176 valence electrons. The maximum absolute atomic E-state index is 12.7. The second-order valence-corrected chi connectivity index (χ2v) is 10.7. The molecule has 2 aliphatic rings. The van der Waals surface area contributed by atoms with E-state index in [-0.39, 0.29) is 17.2 Å². The van der Waals surface area contributed by atoms with Crippen LogP contribution in [0, 0.1) is 13.8 Å². The first-order valence-corrected chi connectivity index (χ1v) is 12.9. The van der Waals surface area contributed by atoms with Crippen molar-refractivity contribution in [2.75, 3.05) is 26.3 Å². The van der Waals surface area contributed by atoms with Gasteiger partial charge in [-0.2, -0.15) is 9.41 Å². The monoisotopic (exact) mass is 469 g/mol. The molecule has 0 unspecified atom stereocenters. The van der Waals surface area contributed by atoms with Gasteiger partial charge in [0.1, 0.15) is 0 Å². The number of nitrogens with zero attached hydrogens (tertiary/aromatic N) is 2. The van der Waals surface area contributed by atoms with Crippen LogP contribution in [0.2, 0.25) is 0 Å². The van der Waals surface area contributed by atoms with Crippen LogP contribution in [-0.4, -0.2) is 50.6 Å². The fraction of sp³-hybridized carbons (Fsp3) is 0.440. The number of carbonyl (C=O) groups excluding carboxylic acids is 1. The molecule has 1 amide bonds. The molecule has 0 atom stereocenters. The van der Waals surface area contributed by atoms with E-state index >= 15 is 0 Å². The Morgan fingerprint density at radius 3 is 2.55 bits per heavy atom. The van der Waals surface area contributed by atoms with Crippen LogP contribution >= 0.6 is 0 Å². The topological polar surface area (TPSA) is 88.1 Å². The average molecular weight is 470 g/mol. The number of ether oxygens (including phenoxy) is 1. The first kappa shape index (κ1) is 23.6. The van der Waals surface area contributed by atoms with Gasteiger partial charge in [-0.05, 0) is 74.4 Å². The minimum absolute atomic E-state index is 0.149. The molecule has 1 N–H and O–H groups in total. The number of aryl methyl sites for hydroxylation is 3. The summed E-state index contributed by atoms with van der Waals surface area (Å²) in [4.78, 5) is 12.7. The van der Waals surface area contributed by atoms with Crippen LogP contribution in [0.4, 0.5) is 0 Å². The largest absolute Gasteiger partial charge is 0.379 e. The second-order valence-electron chi connectivity index (χ2n) is 8.72. The van der Waals surface area contributed by atoms with Gasteiger partial charge in [0.25, 0.3) is 0 Å². The summed E-state index contributed by atoms with van der Waals surface area (Å²) in [6.45, 7) is 5.79. The fourth-order valence-electron chi connectivity index (χ4n) is 4.48. The molecule has 0 spiro atoms. The molecule has 0 bridgehead atoms. The minimum Gasteiger partial charge on any atom is -0.379 e. The molecule has 1 fully saturated rings. The Labute approximate surface area is 195 Å². The van der Waals surface area contributed by atoms with E-state index in [9.17, 15) is 13.2 Å². The number of sulfonamides is 1. The van der Waals surface area contributed by atoms with Crippen molar-refractivity contribution < 1.29 is 17.9 Å². The van der Waals surface area contributed by atoms with Gasteiger partial charge in [0.2, 0.25) is 15.9 Å². The van der Waals surface area contributed by atoms with Gasteiger partial charge >= 0.3 is 0 Å². The van der Waals surface area contributed by atoms with E-state index in [1.165, 1.54) is 21.0 Å². The minimum atomic E-state index is -3.51. The van der Waals surface area contributed by atoms with E-state index in [2.05, 4.69) is 36.5 Å². The van der Waals surface area contributed by atoms with Crippen LogP contribution in [0.1, 0.15) is 47.1 Å². The van der Waals surface area contributed by atoms with Gasteiger partial charge < -0.3 is 4.74 Å². The number of morpholine rings is 1. The van der Waals surface area contributed by atoms with Crippen molar-refractivity contribution in [3.8, 4) is 0 Å². The van der Waals surface area contributed by atoms with E-state index in [1.807, 2.05) is 0 Å². The van der Waals surface area contributed by atoms with Crippen molar-refractivity contribution in [1.82, 2.24) is 9.73 Å². The summed E-state index contributed by atoms with van der Waals surface area (Å²) >= 11 is 0. The van der Waals surface area contributed by atoms with Crippen LogP contribution in [-0.2, 0) is 32.4 Å². The summed E-state index contributed by atoms with van der Waals surface area (Å²) in [5.74, 6) is -0.149. The van der Waals surface area contributed by atoms with Crippen LogP contribution in [0.5, 0.6) is 0 Å². The third-order valence-electron chi connectivity index (χ3n) is 6.26. The zero-order valence-corrected chi connectivity index (χ0v) is 20.1. The molecule has 2 aromatic carbocycles. The summed E-state index contributed by atoms with van der Waals surface area (Å²) in [6, 6.07) is 11.1. The third kappa shape index (κ3) is 5.51. The molecule has 7 nitrogen and oxygen atoms in total. The van der Waals surface area contributed by atoms with Crippen molar-refractivity contribution in [3.63, 3.8) is 0 Å². The Kier molecular flexibility index (Phi) is 7.26. The number of fused-ring (bicyclic) bond motifs is 1. The van der Waals surface area contributed by atoms with Crippen molar-refractivity contribution in [2.45, 2.75) is 50.8 Å². The number of hydrazone groups is 1. The standard InChI is InChI=1S/C25H31N3O4S/c1-18-16-19(2)22-4-3-5-24(23(22)17-18)26-27-25(29)11-8-20-6-9-21(10-7-20)33(30,31)28-12-14-32-15-13-28/h6-7,9-10,16-17H,3-5,8,11-15H2,1-2H3,(H,27,29). The Hall–Kier alpha value is -2.55. The highest BCUT2D eigenvalue weighted by Gasteiger charge is 2.26. The summed E-state index contributed by atoms with van der Waals surface area (Å²) in [6.07, 6.45) is 3.74. The second kappa shape index (κ2) is 10.2. The van der Waals surface area contributed by atoms with Gasteiger partial charge in [-0.15, -0.1) is 0 Å². The number of hydrogen-bond acceptors (Lipinski definition) is 5. The third-order valence-corrected chi connectivity index (χ3v) is 8.17. The van der Waals surface area contributed by atoms with Crippen LogP contribution in [0.3, 0.4) is 0 Å². The molecule has 0 saturated carbocycles. The first-order chi connectivity index (χ1) is 15.8. The van der Waals surface area contributed by atoms with E-state index in [4.69, 9.17) is 4.74 Å². The zero-order valence-electron chi connectivity index (χ0n) is 19.3. The molecule has 4 rings (SSSR count). The van der Waals surface area contributed by atoms with Crippen molar-refractivity contribution in [2.24, 2.45) is 5.10 Å². The Morgan fingerprint density at radius 2 is 1.82 bits per heavy atom. The van der Waals surface area contributed by atoms with Gasteiger partial charge in [-0.25, -0.2) is 13.8 Å². The lowest BCUT2D eigenvalue weighted by Gasteiger charge is -2.26. The molecule has 1 heterocycles. The Balaban J connectivity index is 1.35. The molecule has 8 heteroatoms. The summed E-state index contributed by atoms with van der Waals surface area (Å²) in [5, 5.41) is 4.44. The van der Waals surface area contributed by atoms with Gasteiger partial charge in [0, 0.05) is 25.1 Å². The maximum Gasteiger partial charge on any atom is 0.243 e. The number of hydrogen-bond donors (Lipinski definition) is 1. The van der Waals surface area contributed by atoms with Gasteiger partial charge in [0.05, 0.1) is 23.8 Å². The van der Waals surface area contributed by atoms with Gasteiger partial charge in [-0.1, -0.05) is 23.8 Å². The number of benzene rings is 2. The lowest BCUT2D eigenvalue weighted by atomic mass is 9.86. The number of nitrogens with one attached hydrogen (secondary N) is 1. The van der Waals surface area contributed by atoms with Crippen molar-refractivity contribution in [1.29, 1.82) is 0 Å². The quantitative estimate of drug-likeness (QED) is 0.659. The Morgan fingerprint density at radius 1 is 1.09 bits per heavy atom. The molecule has 1 aliphatic carbocycles. The molecule has 1 aliphatic heterocycles. The summed E-state index contributed by atoms with van der Waals surface area (Å²) < 4.78 is 32.1. The van der Waals surface area contributed by atoms with Gasteiger partial charge in [-0.3, -0.25) is 4.79 Å².